The predicted molar refractivity (Wildman–Crippen MR) is 111 cm³/mol. The lowest BCUT2D eigenvalue weighted by molar-refractivity contribution is -0.118. The zero-order valence-corrected chi connectivity index (χ0v) is 17.0. The predicted octanol–water partition coefficient (Wildman–Crippen LogP) is 2.96. The number of carboxylic acid groups (broad SMARTS) is 2. The van der Waals surface area contributed by atoms with Crippen molar-refractivity contribution in [2.75, 3.05) is 37.0 Å². The third kappa shape index (κ3) is 5.63. The number of carbonyl (C=O) groups excluding carboxylic acids is 1. The summed E-state index contributed by atoms with van der Waals surface area (Å²) in [7, 11) is 1.57. The summed E-state index contributed by atoms with van der Waals surface area (Å²) in [6.07, 6.45) is 0. The summed E-state index contributed by atoms with van der Waals surface area (Å²) in [6.45, 7) is 5.13. The van der Waals surface area contributed by atoms with Crippen LogP contribution in [0.15, 0.2) is 36.4 Å². The maximum atomic E-state index is 12.3. The Kier molecular flexibility index (Phi) is 7.62. The van der Waals surface area contributed by atoms with Gasteiger partial charge in [0.2, 0.25) is 0 Å². The summed E-state index contributed by atoms with van der Waals surface area (Å²) in [5.41, 5.74) is 0.881. The topological polar surface area (TPSA) is 125 Å². The molecule has 160 valence electrons. The number of anilines is 2. The quantitative estimate of drug-likeness (QED) is 0.540. The van der Waals surface area contributed by atoms with Crippen molar-refractivity contribution in [1.29, 1.82) is 0 Å². The highest BCUT2D eigenvalue weighted by atomic mass is 16.5. The first-order chi connectivity index (χ1) is 14.3. The van der Waals surface area contributed by atoms with Crippen molar-refractivity contribution in [3.8, 4) is 11.5 Å². The van der Waals surface area contributed by atoms with E-state index in [0.29, 0.717) is 11.4 Å². The van der Waals surface area contributed by atoms with Crippen molar-refractivity contribution in [3.63, 3.8) is 0 Å². The molecule has 9 nitrogen and oxygen atoms in total. The highest BCUT2D eigenvalue weighted by molar-refractivity contribution is 5.95. The fourth-order valence-electron chi connectivity index (χ4n) is 2.85. The largest absolute Gasteiger partial charge is 0.495 e. The number of carboxylic acids is 2. The van der Waals surface area contributed by atoms with Gasteiger partial charge in [-0.05, 0) is 50.2 Å². The van der Waals surface area contributed by atoms with Gasteiger partial charge in [0, 0.05) is 18.8 Å². The number of carbonyl (C=O) groups is 3. The molecule has 0 aliphatic carbocycles. The Labute approximate surface area is 173 Å². The van der Waals surface area contributed by atoms with Crippen LogP contribution in [0.25, 0.3) is 0 Å². The van der Waals surface area contributed by atoms with E-state index in [4.69, 9.17) is 19.7 Å². The Morgan fingerprint density at radius 2 is 1.57 bits per heavy atom. The molecule has 0 fully saturated rings. The third-order valence-corrected chi connectivity index (χ3v) is 4.34. The van der Waals surface area contributed by atoms with Gasteiger partial charge < -0.3 is 29.9 Å². The number of rotatable bonds is 10. The van der Waals surface area contributed by atoms with Crippen LogP contribution in [-0.4, -0.2) is 54.9 Å². The molecule has 0 bridgehead atoms. The normalized spacial score (nSPS) is 10.2. The number of methoxy groups -OCH3 is 1. The van der Waals surface area contributed by atoms with Gasteiger partial charge in [-0.2, -0.15) is 0 Å². The molecule has 0 radical (unpaired) electrons. The van der Waals surface area contributed by atoms with Crippen LogP contribution in [0.3, 0.4) is 0 Å². The number of hydrogen-bond donors (Lipinski definition) is 3. The van der Waals surface area contributed by atoms with E-state index in [1.165, 1.54) is 0 Å². The van der Waals surface area contributed by atoms with Gasteiger partial charge in [-0.25, -0.2) is 9.59 Å². The Morgan fingerprint density at radius 3 is 2.07 bits per heavy atom. The molecule has 0 spiro atoms. The summed E-state index contributed by atoms with van der Waals surface area (Å²) in [4.78, 5) is 36.7. The summed E-state index contributed by atoms with van der Waals surface area (Å²) in [6, 6.07) is 8.57. The Balaban J connectivity index is 2.12. The van der Waals surface area contributed by atoms with Crippen LogP contribution in [0.1, 0.15) is 34.6 Å². The van der Waals surface area contributed by atoms with Crippen LogP contribution >= 0.6 is 0 Å². The maximum absolute atomic E-state index is 12.3. The molecule has 1 amide bonds. The summed E-state index contributed by atoms with van der Waals surface area (Å²) < 4.78 is 10.7. The van der Waals surface area contributed by atoms with Crippen molar-refractivity contribution in [2.45, 2.75) is 13.8 Å². The molecule has 0 aromatic heterocycles. The van der Waals surface area contributed by atoms with Crippen molar-refractivity contribution in [2.24, 2.45) is 0 Å². The molecule has 0 heterocycles. The standard InChI is InChI=1S/C21H24N2O7/c1-4-23(5-2)17-11-15(6-7-18(17)29-3)22-19(24)12-30-16-9-13(20(25)26)8-14(10-16)21(27)28/h6-11H,4-5,12H2,1-3H3,(H,22,24)(H,25,26)(H,27,28). The SMILES string of the molecule is CCN(CC)c1cc(NC(=O)COc2cc(C(=O)O)cc(C(=O)O)c2)ccc1OC. The van der Waals surface area contributed by atoms with E-state index < -0.39 is 24.5 Å². The highest BCUT2D eigenvalue weighted by Crippen LogP contribution is 2.31. The molecule has 30 heavy (non-hydrogen) atoms. The van der Waals surface area contributed by atoms with E-state index in [2.05, 4.69) is 10.2 Å². The number of ether oxygens (including phenoxy) is 2. The molecule has 2 aromatic carbocycles. The minimum Gasteiger partial charge on any atom is -0.495 e. The van der Waals surface area contributed by atoms with Gasteiger partial charge >= 0.3 is 11.9 Å². The van der Waals surface area contributed by atoms with Crippen LogP contribution < -0.4 is 19.7 Å². The second-order valence-corrected chi connectivity index (χ2v) is 6.25. The molecule has 2 aromatic rings. The second-order valence-electron chi connectivity index (χ2n) is 6.25. The first-order valence-corrected chi connectivity index (χ1v) is 9.26. The molecule has 2 rings (SSSR count). The molecule has 0 unspecified atom stereocenters. The van der Waals surface area contributed by atoms with Gasteiger partial charge in [-0.15, -0.1) is 0 Å². The first kappa shape index (κ1) is 22.5. The summed E-state index contributed by atoms with van der Waals surface area (Å²) in [5.74, 6) is -2.42. The molecule has 0 saturated heterocycles. The van der Waals surface area contributed by atoms with Crippen molar-refractivity contribution >= 4 is 29.2 Å². The number of amides is 1. The Bertz CT molecular complexity index is 907. The molecular formula is C21H24N2O7. The molecule has 3 N–H and O–H groups in total. The molecule has 0 aliphatic heterocycles. The number of aromatic carboxylic acids is 2. The lowest BCUT2D eigenvalue weighted by atomic mass is 10.1. The molecule has 9 heteroatoms. The van der Waals surface area contributed by atoms with E-state index in [0.717, 1.165) is 37.0 Å². The highest BCUT2D eigenvalue weighted by Gasteiger charge is 2.14. The average molecular weight is 416 g/mol. The van der Waals surface area contributed by atoms with Gasteiger partial charge in [0.15, 0.2) is 6.61 Å². The number of nitrogens with zero attached hydrogens (tertiary/aromatic N) is 1. The van der Waals surface area contributed by atoms with Crippen LogP contribution in [0.4, 0.5) is 11.4 Å². The Hall–Kier alpha value is -3.75. The zero-order valence-electron chi connectivity index (χ0n) is 17.0. The van der Waals surface area contributed by atoms with Crippen LogP contribution in [0.5, 0.6) is 11.5 Å². The lowest BCUT2D eigenvalue weighted by Crippen LogP contribution is -2.23. The van der Waals surface area contributed by atoms with E-state index in [1.807, 2.05) is 13.8 Å². The molecule has 0 atom stereocenters. The van der Waals surface area contributed by atoms with Crippen LogP contribution in [0, 0.1) is 0 Å². The minimum atomic E-state index is -1.30. The Morgan fingerprint density at radius 1 is 0.967 bits per heavy atom. The monoisotopic (exact) mass is 416 g/mol. The first-order valence-electron chi connectivity index (χ1n) is 9.26. The van der Waals surface area contributed by atoms with E-state index in [1.54, 1.807) is 25.3 Å². The van der Waals surface area contributed by atoms with Crippen LogP contribution in [-0.2, 0) is 4.79 Å². The average Bonchev–Trinajstić information content (AvgIpc) is 2.73. The second kappa shape index (κ2) is 10.1. The lowest BCUT2D eigenvalue weighted by Gasteiger charge is -2.24. The van der Waals surface area contributed by atoms with E-state index >= 15 is 0 Å². The fourth-order valence-corrected chi connectivity index (χ4v) is 2.85. The summed E-state index contributed by atoms with van der Waals surface area (Å²) >= 11 is 0. The maximum Gasteiger partial charge on any atom is 0.335 e. The third-order valence-electron chi connectivity index (χ3n) is 4.34. The number of benzene rings is 2. The number of nitrogens with one attached hydrogen (secondary N) is 1. The van der Waals surface area contributed by atoms with Gasteiger partial charge in [-0.1, -0.05) is 0 Å². The molecular weight excluding hydrogens is 392 g/mol. The summed E-state index contributed by atoms with van der Waals surface area (Å²) in [5, 5.41) is 20.9. The van der Waals surface area contributed by atoms with Crippen molar-refractivity contribution in [3.05, 3.63) is 47.5 Å². The van der Waals surface area contributed by atoms with E-state index in [-0.39, 0.29) is 16.9 Å². The van der Waals surface area contributed by atoms with Crippen LogP contribution in [0.2, 0.25) is 0 Å². The zero-order chi connectivity index (χ0) is 22.3. The van der Waals surface area contributed by atoms with Crippen molar-refractivity contribution < 1.29 is 34.1 Å². The number of hydrogen-bond acceptors (Lipinski definition) is 6. The minimum absolute atomic E-state index is 0.0268. The van der Waals surface area contributed by atoms with Gasteiger partial charge in [0.25, 0.3) is 5.91 Å². The van der Waals surface area contributed by atoms with Gasteiger partial charge in [-0.3, -0.25) is 4.79 Å². The van der Waals surface area contributed by atoms with Gasteiger partial charge in [0.1, 0.15) is 11.5 Å². The van der Waals surface area contributed by atoms with E-state index in [9.17, 15) is 14.4 Å². The fraction of sp³-hybridized carbons (Fsp3) is 0.286. The van der Waals surface area contributed by atoms with Crippen molar-refractivity contribution in [1.82, 2.24) is 0 Å². The smallest absolute Gasteiger partial charge is 0.335 e. The molecule has 0 saturated carbocycles. The molecule has 0 aliphatic rings. The van der Waals surface area contributed by atoms with Gasteiger partial charge in [0.05, 0.1) is 23.9 Å².